The van der Waals surface area contributed by atoms with E-state index in [9.17, 15) is 4.39 Å². The molecule has 0 aliphatic heterocycles. The van der Waals surface area contributed by atoms with Gasteiger partial charge in [0, 0.05) is 12.1 Å². The number of nitrogens with two attached hydrogens (primary N) is 1. The first-order valence-electron chi connectivity index (χ1n) is 5.38. The van der Waals surface area contributed by atoms with Crippen LogP contribution in [-0.2, 0) is 0 Å². The van der Waals surface area contributed by atoms with E-state index in [4.69, 9.17) is 5.73 Å². The molecule has 1 heterocycles. The molecule has 2 rings (SSSR count). The molecular weight excluding hydrogens is 193 g/mol. The lowest BCUT2D eigenvalue weighted by atomic mass is 9.92. The van der Waals surface area contributed by atoms with Crippen LogP contribution in [0.2, 0.25) is 0 Å². The van der Waals surface area contributed by atoms with E-state index in [1.54, 1.807) is 6.07 Å². The third-order valence-electron chi connectivity index (χ3n) is 2.87. The minimum Gasteiger partial charge on any atom is -0.381 e. The van der Waals surface area contributed by atoms with Crippen molar-refractivity contribution in [1.29, 1.82) is 0 Å². The van der Waals surface area contributed by atoms with Gasteiger partial charge in [0.05, 0.1) is 11.9 Å². The van der Waals surface area contributed by atoms with E-state index in [0.29, 0.717) is 12.1 Å². The Balaban J connectivity index is 1.89. The van der Waals surface area contributed by atoms with Gasteiger partial charge in [-0.05, 0) is 37.8 Å². The van der Waals surface area contributed by atoms with Gasteiger partial charge in [0.15, 0.2) is 0 Å². The normalized spacial score (nSPS) is 26.3. The summed E-state index contributed by atoms with van der Waals surface area (Å²) in [6, 6.07) is 3.90. The second-order valence-electron chi connectivity index (χ2n) is 4.13. The molecule has 0 amide bonds. The number of anilines is 1. The Hall–Kier alpha value is -1.16. The van der Waals surface area contributed by atoms with Crippen LogP contribution in [0.25, 0.3) is 0 Å². The second-order valence-corrected chi connectivity index (χ2v) is 4.13. The largest absolute Gasteiger partial charge is 0.381 e. The first-order chi connectivity index (χ1) is 7.24. The molecule has 0 spiro atoms. The number of halogens is 1. The maximum atomic E-state index is 12.6. The van der Waals surface area contributed by atoms with Crippen molar-refractivity contribution in [3.63, 3.8) is 0 Å². The number of pyridine rings is 1. The minimum atomic E-state index is -0.439. The summed E-state index contributed by atoms with van der Waals surface area (Å²) in [5.41, 5.74) is 6.71. The topological polar surface area (TPSA) is 50.9 Å². The highest BCUT2D eigenvalue weighted by Gasteiger charge is 2.17. The molecule has 15 heavy (non-hydrogen) atoms. The maximum absolute atomic E-state index is 12.6. The summed E-state index contributed by atoms with van der Waals surface area (Å²) in [6.45, 7) is 0. The van der Waals surface area contributed by atoms with Gasteiger partial charge in [-0.2, -0.15) is 4.39 Å². The quantitative estimate of drug-likeness (QED) is 0.731. The van der Waals surface area contributed by atoms with Crippen molar-refractivity contribution < 1.29 is 4.39 Å². The van der Waals surface area contributed by atoms with Gasteiger partial charge in [0.2, 0.25) is 5.95 Å². The number of nitrogens with one attached hydrogen (secondary N) is 1. The van der Waals surface area contributed by atoms with Crippen LogP contribution < -0.4 is 11.1 Å². The minimum absolute atomic E-state index is 0.356. The highest BCUT2D eigenvalue weighted by molar-refractivity contribution is 5.41. The molecule has 82 valence electrons. The van der Waals surface area contributed by atoms with Crippen LogP contribution in [-0.4, -0.2) is 17.1 Å². The van der Waals surface area contributed by atoms with Gasteiger partial charge in [-0.3, -0.25) is 0 Å². The molecular formula is C11H16FN3. The summed E-state index contributed by atoms with van der Waals surface area (Å²) in [5, 5.41) is 3.34. The molecule has 0 saturated heterocycles. The van der Waals surface area contributed by atoms with E-state index in [1.807, 2.05) is 0 Å². The highest BCUT2D eigenvalue weighted by atomic mass is 19.1. The molecule has 1 aliphatic carbocycles. The van der Waals surface area contributed by atoms with Crippen molar-refractivity contribution >= 4 is 5.69 Å². The standard InChI is InChI=1S/C11H16FN3/c12-11-6-5-10(7-14-11)15-9-3-1-8(13)2-4-9/h5-9,15H,1-4,13H2. The lowest BCUT2D eigenvalue weighted by Gasteiger charge is -2.27. The Bertz CT molecular complexity index is 304. The third kappa shape index (κ3) is 2.89. The first kappa shape index (κ1) is 10.4. The predicted octanol–water partition coefficient (Wildman–Crippen LogP) is 1.90. The Morgan fingerprint density at radius 3 is 2.60 bits per heavy atom. The summed E-state index contributed by atoms with van der Waals surface area (Å²) in [4.78, 5) is 3.61. The average molecular weight is 209 g/mol. The summed E-state index contributed by atoms with van der Waals surface area (Å²) in [7, 11) is 0. The molecule has 1 saturated carbocycles. The molecule has 0 aromatic carbocycles. The predicted molar refractivity (Wildman–Crippen MR) is 58.0 cm³/mol. The molecule has 0 radical (unpaired) electrons. The fourth-order valence-electron chi connectivity index (χ4n) is 1.96. The van der Waals surface area contributed by atoms with Crippen LogP contribution in [0.1, 0.15) is 25.7 Å². The zero-order valence-corrected chi connectivity index (χ0v) is 8.62. The molecule has 3 nitrogen and oxygen atoms in total. The summed E-state index contributed by atoms with van der Waals surface area (Å²) in [6.07, 6.45) is 5.82. The summed E-state index contributed by atoms with van der Waals surface area (Å²) in [5.74, 6) is -0.439. The van der Waals surface area contributed by atoms with Crippen molar-refractivity contribution in [3.05, 3.63) is 24.3 Å². The Morgan fingerprint density at radius 2 is 2.00 bits per heavy atom. The fraction of sp³-hybridized carbons (Fsp3) is 0.545. The number of aromatic nitrogens is 1. The van der Waals surface area contributed by atoms with Gasteiger partial charge in [-0.25, -0.2) is 4.98 Å². The zero-order valence-electron chi connectivity index (χ0n) is 8.62. The van der Waals surface area contributed by atoms with Crippen molar-refractivity contribution in [3.8, 4) is 0 Å². The van der Waals surface area contributed by atoms with E-state index in [0.717, 1.165) is 31.4 Å². The van der Waals surface area contributed by atoms with Gasteiger partial charge in [0.1, 0.15) is 0 Å². The molecule has 1 aliphatic rings. The molecule has 4 heteroatoms. The molecule has 0 atom stereocenters. The van der Waals surface area contributed by atoms with Crippen LogP contribution in [0.3, 0.4) is 0 Å². The van der Waals surface area contributed by atoms with Crippen LogP contribution in [0.5, 0.6) is 0 Å². The van der Waals surface area contributed by atoms with Crippen molar-refractivity contribution in [1.82, 2.24) is 4.98 Å². The lowest BCUT2D eigenvalue weighted by molar-refractivity contribution is 0.411. The zero-order chi connectivity index (χ0) is 10.7. The SMILES string of the molecule is NC1CCC(Nc2ccc(F)nc2)CC1. The molecule has 1 aromatic rings. The van der Waals surface area contributed by atoms with Gasteiger partial charge >= 0.3 is 0 Å². The van der Waals surface area contributed by atoms with Crippen LogP contribution >= 0.6 is 0 Å². The number of hydrogen-bond donors (Lipinski definition) is 2. The van der Waals surface area contributed by atoms with Gasteiger partial charge in [0.25, 0.3) is 0 Å². The van der Waals surface area contributed by atoms with Crippen molar-refractivity contribution in [2.45, 2.75) is 37.8 Å². The van der Waals surface area contributed by atoms with E-state index < -0.39 is 5.95 Å². The van der Waals surface area contributed by atoms with Gasteiger partial charge < -0.3 is 11.1 Å². The molecule has 0 bridgehead atoms. The maximum Gasteiger partial charge on any atom is 0.212 e. The Morgan fingerprint density at radius 1 is 1.27 bits per heavy atom. The van der Waals surface area contributed by atoms with Crippen molar-refractivity contribution in [2.75, 3.05) is 5.32 Å². The Kier molecular flexibility index (Phi) is 3.16. The summed E-state index contributed by atoms with van der Waals surface area (Å²) >= 11 is 0. The first-order valence-corrected chi connectivity index (χ1v) is 5.38. The second kappa shape index (κ2) is 4.57. The average Bonchev–Trinajstić information content (AvgIpc) is 2.25. The van der Waals surface area contributed by atoms with Crippen LogP contribution in [0.4, 0.5) is 10.1 Å². The van der Waals surface area contributed by atoms with E-state index >= 15 is 0 Å². The molecule has 1 fully saturated rings. The number of hydrogen-bond acceptors (Lipinski definition) is 3. The van der Waals surface area contributed by atoms with E-state index in [2.05, 4.69) is 10.3 Å². The monoisotopic (exact) mass is 209 g/mol. The van der Waals surface area contributed by atoms with E-state index in [-0.39, 0.29) is 0 Å². The number of nitrogens with zero attached hydrogens (tertiary/aromatic N) is 1. The Labute approximate surface area is 88.9 Å². The van der Waals surface area contributed by atoms with Crippen molar-refractivity contribution in [2.24, 2.45) is 5.73 Å². The van der Waals surface area contributed by atoms with Gasteiger partial charge in [-0.1, -0.05) is 0 Å². The van der Waals surface area contributed by atoms with Gasteiger partial charge in [-0.15, -0.1) is 0 Å². The molecule has 3 N–H and O–H groups in total. The fourth-order valence-corrected chi connectivity index (χ4v) is 1.96. The number of rotatable bonds is 2. The van der Waals surface area contributed by atoms with Crippen LogP contribution in [0, 0.1) is 5.95 Å². The van der Waals surface area contributed by atoms with Crippen LogP contribution in [0.15, 0.2) is 18.3 Å². The molecule has 0 unspecified atom stereocenters. The smallest absolute Gasteiger partial charge is 0.212 e. The third-order valence-corrected chi connectivity index (χ3v) is 2.87. The summed E-state index contributed by atoms with van der Waals surface area (Å²) < 4.78 is 12.6. The highest BCUT2D eigenvalue weighted by Crippen LogP contribution is 2.20. The van der Waals surface area contributed by atoms with E-state index in [1.165, 1.54) is 12.3 Å². The molecule has 1 aromatic heterocycles. The lowest BCUT2D eigenvalue weighted by Crippen LogP contribution is -2.32.